The van der Waals surface area contributed by atoms with E-state index in [0.29, 0.717) is 19.0 Å². The van der Waals surface area contributed by atoms with Crippen LogP contribution in [0.2, 0.25) is 0 Å². The molecule has 7 heteroatoms. The minimum atomic E-state index is -0.340. The molecule has 3 amide bonds. The summed E-state index contributed by atoms with van der Waals surface area (Å²) in [6.45, 7) is 7.56. The molecule has 3 fully saturated rings. The molecule has 0 aliphatic carbocycles. The maximum Gasteiger partial charge on any atom is 0.321 e. The van der Waals surface area contributed by atoms with E-state index in [2.05, 4.69) is 28.2 Å². The Balaban J connectivity index is 1.33. The van der Waals surface area contributed by atoms with Crippen molar-refractivity contribution in [3.05, 3.63) is 60.4 Å². The van der Waals surface area contributed by atoms with Crippen LogP contribution in [-0.2, 0) is 11.3 Å². The van der Waals surface area contributed by atoms with E-state index in [-0.39, 0.29) is 16.9 Å². The Kier molecular flexibility index (Phi) is 5.83. The van der Waals surface area contributed by atoms with Crippen LogP contribution in [0.4, 0.5) is 10.5 Å². The summed E-state index contributed by atoms with van der Waals surface area (Å²) < 4.78 is 0. The summed E-state index contributed by atoms with van der Waals surface area (Å²) in [6.07, 6.45) is 6.36. The zero-order chi connectivity index (χ0) is 22.9. The number of anilines is 1. The Hall–Kier alpha value is -2.93. The molecule has 0 bridgehead atoms. The lowest BCUT2D eigenvalue weighted by atomic mass is 9.60. The van der Waals surface area contributed by atoms with E-state index in [1.165, 1.54) is 5.56 Å². The summed E-state index contributed by atoms with van der Waals surface area (Å²) in [4.78, 5) is 37.2. The van der Waals surface area contributed by atoms with E-state index >= 15 is 0 Å². The van der Waals surface area contributed by atoms with Crippen LogP contribution in [0.5, 0.6) is 0 Å². The summed E-state index contributed by atoms with van der Waals surface area (Å²) in [5.41, 5.74) is 1.57. The molecule has 174 valence electrons. The average molecular weight is 448 g/mol. The highest BCUT2D eigenvalue weighted by Gasteiger charge is 2.64. The maximum atomic E-state index is 13.7. The Morgan fingerprint density at radius 2 is 1.82 bits per heavy atom. The molecule has 1 aromatic carbocycles. The molecule has 2 aromatic rings. The number of nitrogens with one attached hydrogen (secondary N) is 1. The van der Waals surface area contributed by atoms with Gasteiger partial charge < -0.3 is 15.1 Å². The first-order valence-corrected chi connectivity index (χ1v) is 12.1. The van der Waals surface area contributed by atoms with Gasteiger partial charge in [0, 0.05) is 69.3 Å². The van der Waals surface area contributed by atoms with E-state index < -0.39 is 0 Å². The number of amides is 3. The number of carbonyl (C=O) groups is 2. The number of hydrogen-bond acceptors (Lipinski definition) is 4. The van der Waals surface area contributed by atoms with Gasteiger partial charge in [0.15, 0.2) is 0 Å². The highest BCUT2D eigenvalue weighted by molar-refractivity contribution is 5.89. The van der Waals surface area contributed by atoms with Crippen molar-refractivity contribution in [1.82, 2.24) is 19.7 Å². The molecule has 2 spiro atoms. The minimum Gasteiger partial charge on any atom is -0.342 e. The molecule has 3 aliphatic heterocycles. The van der Waals surface area contributed by atoms with Crippen LogP contribution in [0.15, 0.2) is 54.9 Å². The lowest BCUT2D eigenvalue weighted by Crippen LogP contribution is -2.54. The summed E-state index contributed by atoms with van der Waals surface area (Å²) in [6, 6.07) is 13.6. The van der Waals surface area contributed by atoms with Crippen LogP contribution in [0.3, 0.4) is 0 Å². The lowest BCUT2D eigenvalue weighted by Gasteiger charge is -2.47. The van der Waals surface area contributed by atoms with Crippen molar-refractivity contribution in [3.8, 4) is 0 Å². The van der Waals surface area contributed by atoms with E-state index in [4.69, 9.17) is 0 Å². The third-order valence-electron chi connectivity index (χ3n) is 8.08. The number of rotatable bonds is 4. The van der Waals surface area contributed by atoms with Crippen LogP contribution in [0.1, 0.15) is 31.7 Å². The third kappa shape index (κ3) is 3.88. The standard InChI is InChI=1S/C26H33N5O2/c1-2-30-16-12-26(23(30)32)20-29(18-21-7-6-13-27-17-21)19-25(26)10-14-31(15-11-25)24(33)28-22-8-4-3-5-9-22/h3-9,13,17H,2,10-12,14-16,18-20H2,1H3,(H,28,33)/t26-/m1/s1. The zero-order valence-electron chi connectivity index (χ0n) is 19.4. The molecule has 0 unspecified atom stereocenters. The molecule has 4 heterocycles. The lowest BCUT2D eigenvalue weighted by molar-refractivity contribution is -0.141. The van der Waals surface area contributed by atoms with E-state index in [1.54, 1.807) is 6.20 Å². The van der Waals surface area contributed by atoms with Gasteiger partial charge in [-0.2, -0.15) is 0 Å². The third-order valence-corrected chi connectivity index (χ3v) is 8.08. The van der Waals surface area contributed by atoms with Crippen LogP contribution < -0.4 is 5.32 Å². The fourth-order valence-corrected chi connectivity index (χ4v) is 6.32. The Morgan fingerprint density at radius 1 is 1.03 bits per heavy atom. The first kappa shape index (κ1) is 21.9. The van der Waals surface area contributed by atoms with Gasteiger partial charge in [-0.15, -0.1) is 0 Å². The maximum absolute atomic E-state index is 13.7. The first-order chi connectivity index (χ1) is 16.1. The Bertz CT molecular complexity index is 990. The van der Waals surface area contributed by atoms with Gasteiger partial charge in [-0.25, -0.2) is 4.79 Å². The van der Waals surface area contributed by atoms with Gasteiger partial charge >= 0.3 is 6.03 Å². The minimum absolute atomic E-state index is 0.0525. The molecule has 0 radical (unpaired) electrons. The van der Waals surface area contributed by atoms with Crippen molar-refractivity contribution in [1.29, 1.82) is 0 Å². The number of pyridine rings is 1. The van der Waals surface area contributed by atoms with Crippen molar-refractivity contribution in [2.75, 3.05) is 44.6 Å². The van der Waals surface area contributed by atoms with Gasteiger partial charge in [-0.1, -0.05) is 24.3 Å². The molecular weight excluding hydrogens is 414 g/mol. The summed E-state index contributed by atoms with van der Waals surface area (Å²) in [7, 11) is 0. The molecule has 7 nitrogen and oxygen atoms in total. The number of benzene rings is 1. The Labute approximate surface area is 195 Å². The molecule has 5 rings (SSSR count). The van der Waals surface area contributed by atoms with E-state index in [0.717, 1.165) is 57.7 Å². The van der Waals surface area contributed by atoms with Gasteiger partial charge in [-0.05, 0) is 49.9 Å². The number of piperidine rings is 1. The second-order valence-corrected chi connectivity index (χ2v) is 9.79. The normalized spacial score (nSPS) is 24.7. The van der Waals surface area contributed by atoms with Crippen molar-refractivity contribution in [2.24, 2.45) is 10.8 Å². The number of urea groups is 1. The highest BCUT2D eigenvalue weighted by atomic mass is 16.2. The van der Waals surface area contributed by atoms with E-state index in [1.807, 2.05) is 52.4 Å². The number of carbonyl (C=O) groups excluding carboxylic acids is 2. The number of fused-ring (bicyclic) bond motifs is 1. The Morgan fingerprint density at radius 3 is 2.48 bits per heavy atom. The number of hydrogen-bond donors (Lipinski definition) is 1. The molecule has 1 N–H and O–H groups in total. The fourth-order valence-electron chi connectivity index (χ4n) is 6.32. The van der Waals surface area contributed by atoms with Crippen LogP contribution in [0.25, 0.3) is 0 Å². The zero-order valence-corrected chi connectivity index (χ0v) is 19.4. The van der Waals surface area contributed by atoms with Gasteiger partial charge in [-0.3, -0.25) is 14.7 Å². The average Bonchev–Trinajstić information content (AvgIpc) is 3.32. The molecule has 1 aromatic heterocycles. The number of aromatic nitrogens is 1. The van der Waals surface area contributed by atoms with Crippen molar-refractivity contribution < 1.29 is 9.59 Å². The molecule has 0 saturated carbocycles. The molecular formula is C26H33N5O2. The summed E-state index contributed by atoms with van der Waals surface area (Å²) >= 11 is 0. The van der Waals surface area contributed by atoms with Gasteiger partial charge in [0.2, 0.25) is 5.91 Å². The highest BCUT2D eigenvalue weighted by Crippen LogP contribution is 2.58. The smallest absolute Gasteiger partial charge is 0.321 e. The van der Waals surface area contributed by atoms with Crippen molar-refractivity contribution in [2.45, 2.75) is 32.7 Å². The molecule has 1 atom stereocenters. The van der Waals surface area contributed by atoms with Crippen LogP contribution >= 0.6 is 0 Å². The largest absolute Gasteiger partial charge is 0.342 e. The SMILES string of the molecule is CCN1CC[C@@]2(CN(Cc3cccnc3)CC23CCN(C(=O)Nc2ccccc2)CC3)C1=O. The van der Waals surface area contributed by atoms with Crippen molar-refractivity contribution in [3.63, 3.8) is 0 Å². The molecule has 33 heavy (non-hydrogen) atoms. The van der Waals surface area contributed by atoms with Crippen LogP contribution in [-0.4, -0.2) is 70.9 Å². The number of para-hydroxylation sites is 1. The predicted octanol–water partition coefficient (Wildman–Crippen LogP) is 3.45. The second-order valence-electron chi connectivity index (χ2n) is 9.79. The topological polar surface area (TPSA) is 68.8 Å². The quantitative estimate of drug-likeness (QED) is 0.780. The van der Waals surface area contributed by atoms with Gasteiger partial charge in [0.05, 0.1) is 5.41 Å². The van der Waals surface area contributed by atoms with Crippen LogP contribution in [0, 0.1) is 10.8 Å². The summed E-state index contributed by atoms with van der Waals surface area (Å²) in [5, 5.41) is 3.01. The fraction of sp³-hybridized carbons (Fsp3) is 0.500. The summed E-state index contributed by atoms with van der Waals surface area (Å²) in [5.74, 6) is 0.320. The van der Waals surface area contributed by atoms with Gasteiger partial charge in [0.1, 0.15) is 0 Å². The monoisotopic (exact) mass is 447 g/mol. The number of nitrogens with zero attached hydrogens (tertiary/aromatic N) is 4. The van der Waals surface area contributed by atoms with Gasteiger partial charge in [0.25, 0.3) is 0 Å². The predicted molar refractivity (Wildman–Crippen MR) is 128 cm³/mol. The molecule has 3 aliphatic rings. The first-order valence-electron chi connectivity index (χ1n) is 12.1. The van der Waals surface area contributed by atoms with E-state index in [9.17, 15) is 9.59 Å². The molecule has 3 saturated heterocycles. The number of likely N-dealkylation sites (tertiary alicyclic amines) is 3. The second kappa shape index (κ2) is 8.78. The van der Waals surface area contributed by atoms with Crippen molar-refractivity contribution >= 4 is 17.6 Å².